The van der Waals surface area contributed by atoms with Gasteiger partial charge in [0.05, 0.1) is 4.91 Å². The Bertz CT molecular complexity index is 1120. The number of pyridine rings is 1. The van der Waals surface area contributed by atoms with E-state index in [0.29, 0.717) is 14.8 Å². The number of carbonyl (C=O) groups excluding carboxylic acids is 1. The molecule has 3 aromatic rings. The van der Waals surface area contributed by atoms with Crippen LogP contribution in [-0.2, 0) is 4.79 Å². The molecule has 0 aliphatic carbocycles. The minimum absolute atomic E-state index is 0.141. The third-order valence-electron chi connectivity index (χ3n) is 3.89. The van der Waals surface area contributed by atoms with Crippen LogP contribution in [0.5, 0.6) is 0 Å². The number of para-hydroxylation sites is 1. The lowest BCUT2D eigenvalue weighted by Crippen LogP contribution is -2.17. The lowest BCUT2D eigenvalue weighted by atomic mass is 10.0. The van der Waals surface area contributed by atoms with Crippen LogP contribution in [0, 0.1) is 0 Å². The van der Waals surface area contributed by atoms with E-state index in [2.05, 4.69) is 10.3 Å². The molecule has 0 atom stereocenters. The first kappa shape index (κ1) is 15.8. The van der Waals surface area contributed by atoms with Crippen molar-refractivity contribution in [2.45, 2.75) is 0 Å². The summed E-state index contributed by atoms with van der Waals surface area (Å²) in [6.45, 7) is 0. The lowest BCUT2D eigenvalue weighted by Gasteiger charge is -2.05. The van der Waals surface area contributed by atoms with Crippen LogP contribution in [0.15, 0.2) is 64.3 Å². The fourth-order valence-electron chi connectivity index (χ4n) is 2.73. The van der Waals surface area contributed by atoms with Crippen LogP contribution in [0.25, 0.3) is 28.1 Å². The van der Waals surface area contributed by atoms with Gasteiger partial charge in [0, 0.05) is 11.1 Å². The lowest BCUT2D eigenvalue weighted by molar-refractivity contribution is -0.115. The first-order chi connectivity index (χ1) is 12.1. The summed E-state index contributed by atoms with van der Waals surface area (Å²) in [6, 6.07) is 17.1. The van der Waals surface area contributed by atoms with Crippen molar-refractivity contribution in [2.24, 2.45) is 0 Å². The molecule has 2 aromatic carbocycles. The highest BCUT2D eigenvalue weighted by Crippen LogP contribution is 2.27. The number of hydrogen-bond acceptors (Lipinski definition) is 4. The van der Waals surface area contributed by atoms with Crippen LogP contribution >= 0.6 is 24.0 Å². The molecule has 1 amide bonds. The number of fused-ring (bicyclic) bond motifs is 1. The standard InChI is InChI=1S/C19H12N2O2S2/c22-17-14(10-13-5-1-2-7-15(13)20-17)12-6-3-4-11(8-12)9-16-18(23)21-19(24)25-16/h1-10H,(H,20,22)(H,21,23,24)/b16-9-. The van der Waals surface area contributed by atoms with Crippen LogP contribution in [-0.4, -0.2) is 15.2 Å². The van der Waals surface area contributed by atoms with Gasteiger partial charge in [0.1, 0.15) is 4.32 Å². The predicted octanol–water partition coefficient (Wildman–Crippen LogP) is 3.68. The van der Waals surface area contributed by atoms with Crippen molar-refractivity contribution in [2.75, 3.05) is 0 Å². The molecular formula is C19H12N2O2S2. The third-order valence-corrected chi connectivity index (χ3v) is 5.05. The Morgan fingerprint density at radius 1 is 1.00 bits per heavy atom. The van der Waals surface area contributed by atoms with Gasteiger partial charge >= 0.3 is 0 Å². The second kappa shape index (κ2) is 6.31. The molecule has 2 N–H and O–H groups in total. The molecule has 0 unspecified atom stereocenters. The Morgan fingerprint density at radius 2 is 1.84 bits per heavy atom. The highest BCUT2D eigenvalue weighted by atomic mass is 32.2. The Morgan fingerprint density at radius 3 is 2.64 bits per heavy atom. The molecule has 1 aromatic heterocycles. The van der Waals surface area contributed by atoms with Crippen molar-refractivity contribution in [3.05, 3.63) is 75.4 Å². The van der Waals surface area contributed by atoms with Crippen LogP contribution < -0.4 is 10.9 Å². The van der Waals surface area contributed by atoms with E-state index < -0.39 is 0 Å². The van der Waals surface area contributed by atoms with E-state index in [0.717, 1.165) is 22.0 Å². The van der Waals surface area contributed by atoms with E-state index in [1.807, 2.05) is 54.6 Å². The predicted molar refractivity (Wildman–Crippen MR) is 106 cm³/mol. The highest BCUT2D eigenvalue weighted by molar-refractivity contribution is 8.26. The van der Waals surface area contributed by atoms with E-state index >= 15 is 0 Å². The van der Waals surface area contributed by atoms with E-state index in [1.165, 1.54) is 11.8 Å². The van der Waals surface area contributed by atoms with Gasteiger partial charge in [0.15, 0.2) is 0 Å². The van der Waals surface area contributed by atoms with Gasteiger partial charge in [-0.3, -0.25) is 9.59 Å². The number of aromatic amines is 1. The first-order valence-corrected chi connectivity index (χ1v) is 8.80. The average molecular weight is 364 g/mol. The van der Waals surface area contributed by atoms with Crippen LogP contribution in [0.2, 0.25) is 0 Å². The number of hydrogen-bond donors (Lipinski definition) is 2. The molecule has 0 saturated carbocycles. The molecule has 2 heterocycles. The summed E-state index contributed by atoms with van der Waals surface area (Å²) < 4.78 is 0.457. The molecule has 0 bridgehead atoms. The van der Waals surface area contributed by atoms with Gasteiger partial charge in [0.25, 0.3) is 11.5 Å². The van der Waals surface area contributed by atoms with Gasteiger partial charge in [-0.15, -0.1) is 0 Å². The maximum absolute atomic E-state index is 12.4. The van der Waals surface area contributed by atoms with Gasteiger partial charge in [-0.2, -0.15) is 0 Å². The zero-order valence-electron chi connectivity index (χ0n) is 12.9. The number of thioether (sulfide) groups is 1. The first-order valence-electron chi connectivity index (χ1n) is 7.57. The van der Waals surface area contributed by atoms with E-state index in [9.17, 15) is 9.59 Å². The molecule has 1 fully saturated rings. The molecule has 25 heavy (non-hydrogen) atoms. The Labute approximate surface area is 153 Å². The number of rotatable bonds is 2. The zero-order valence-corrected chi connectivity index (χ0v) is 14.5. The third kappa shape index (κ3) is 3.14. The van der Waals surface area contributed by atoms with E-state index in [1.54, 1.807) is 6.08 Å². The molecule has 122 valence electrons. The molecule has 1 aliphatic heterocycles. The Kier molecular flexibility index (Phi) is 3.99. The molecule has 4 nitrogen and oxygen atoms in total. The van der Waals surface area contributed by atoms with Gasteiger partial charge < -0.3 is 10.3 Å². The molecule has 0 radical (unpaired) electrons. The van der Waals surface area contributed by atoms with Gasteiger partial charge in [-0.05, 0) is 40.8 Å². The molecule has 0 spiro atoms. The van der Waals surface area contributed by atoms with Crippen LogP contribution in [0.3, 0.4) is 0 Å². The van der Waals surface area contributed by atoms with Gasteiger partial charge in [-0.25, -0.2) is 0 Å². The number of amides is 1. The van der Waals surface area contributed by atoms with Crippen molar-refractivity contribution in [1.29, 1.82) is 0 Å². The molecule has 1 aliphatic rings. The topological polar surface area (TPSA) is 62.0 Å². The van der Waals surface area contributed by atoms with Crippen molar-refractivity contribution in [3.63, 3.8) is 0 Å². The summed E-state index contributed by atoms with van der Waals surface area (Å²) in [7, 11) is 0. The summed E-state index contributed by atoms with van der Waals surface area (Å²) >= 11 is 6.24. The maximum Gasteiger partial charge on any atom is 0.263 e. The fourth-order valence-corrected chi connectivity index (χ4v) is 3.77. The smallest absolute Gasteiger partial charge is 0.263 e. The molecule has 4 rings (SSSR count). The minimum Gasteiger partial charge on any atom is -0.321 e. The van der Waals surface area contributed by atoms with E-state index in [4.69, 9.17) is 12.2 Å². The Hall–Kier alpha value is -2.70. The van der Waals surface area contributed by atoms with Crippen molar-refractivity contribution >= 4 is 51.2 Å². The van der Waals surface area contributed by atoms with Gasteiger partial charge in [-0.1, -0.05) is 60.4 Å². The van der Waals surface area contributed by atoms with Crippen molar-refractivity contribution in [3.8, 4) is 11.1 Å². The Balaban J connectivity index is 1.79. The normalized spacial score (nSPS) is 15.8. The monoisotopic (exact) mass is 364 g/mol. The van der Waals surface area contributed by atoms with Crippen molar-refractivity contribution in [1.82, 2.24) is 10.3 Å². The largest absolute Gasteiger partial charge is 0.321 e. The number of carbonyl (C=O) groups is 1. The summed E-state index contributed by atoms with van der Waals surface area (Å²) in [5, 5.41) is 3.56. The summed E-state index contributed by atoms with van der Waals surface area (Å²) in [4.78, 5) is 27.7. The van der Waals surface area contributed by atoms with Crippen LogP contribution in [0.4, 0.5) is 0 Å². The summed E-state index contributed by atoms with van der Waals surface area (Å²) in [5.74, 6) is -0.191. The number of thiocarbonyl (C=S) groups is 1. The molecular weight excluding hydrogens is 352 g/mol. The second-order valence-electron chi connectivity index (χ2n) is 5.58. The second-order valence-corrected chi connectivity index (χ2v) is 7.30. The summed E-state index contributed by atoms with van der Waals surface area (Å²) in [6.07, 6.45) is 1.78. The summed E-state index contributed by atoms with van der Waals surface area (Å²) in [5.41, 5.74) is 2.90. The quantitative estimate of drug-likeness (QED) is 0.538. The molecule has 1 saturated heterocycles. The highest BCUT2D eigenvalue weighted by Gasteiger charge is 2.21. The zero-order chi connectivity index (χ0) is 17.4. The number of aromatic nitrogens is 1. The number of H-pyrrole nitrogens is 1. The van der Waals surface area contributed by atoms with E-state index in [-0.39, 0.29) is 11.5 Å². The van der Waals surface area contributed by atoms with Crippen molar-refractivity contribution < 1.29 is 4.79 Å². The number of benzene rings is 2. The van der Waals surface area contributed by atoms with Gasteiger partial charge in [0.2, 0.25) is 0 Å². The fraction of sp³-hybridized carbons (Fsp3) is 0. The van der Waals surface area contributed by atoms with Crippen LogP contribution in [0.1, 0.15) is 5.56 Å². The SMILES string of the molecule is O=C1NC(=S)S/C1=C\c1cccc(-c2cc3ccccc3[nH]c2=O)c1. The molecule has 6 heteroatoms. The minimum atomic E-state index is -0.191. The average Bonchev–Trinajstić information content (AvgIpc) is 2.91. The number of nitrogens with one attached hydrogen (secondary N) is 2. The maximum atomic E-state index is 12.4.